The van der Waals surface area contributed by atoms with Crippen LogP contribution < -0.4 is 20.6 Å². The van der Waals surface area contributed by atoms with Crippen molar-refractivity contribution >= 4 is 17.8 Å². The topological polar surface area (TPSA) is 95.0 Å². The summed E-state index contributed by atoms with van der Waals surface area (Å²) in [5.41, 5.74) is 14.8. The summed E-state index contributed by atoms with van der Waals surface area (Å²) in [5, 5.41) is 7.33. The predicted octanol–water partition coefficient (Wildman–Crippen LogP) is 1.26. The molecule has 0 aliphatic rings. The first-order valence-electron chi connectivity index (χ1n) is 7.84. The molecule has 0 bridgehead atoms. The Kier molecular flexibility index (Phi) is 4.65. The lowest BCUT2D eigenvalue weighted by Gasteiger charge is -2.04. The number of nitrogens with two attached hydrogens (primary N) is 2. The zero-order valence-electron chi connectivity index (χ0n) is 14.3. The maximum absolute atomic E-state index is 5.88. The van der Waals surface area contributed by atoms with Gasteiger partial charge in [-0.2, -0.15) is 5.10 Å². The number of rotatable bonds is 5. The number of aromatic nitrogens is 2. The van der Waals surface area contributed by atoms with Crippen LogP contribution >= 0.6 is 0 Å². The van der Waals surface area contributed by atoms with E-state index in [4.69, 9.17) is 16.2 Å². The van der Waals surface area contributed by atoms with Crippen LogP contribution in [0.1, 0.15) is 16.8 Å². The third-order valence-electron chi connectivity index (χ3n) is 3.83. The third-order valence-corrected chi connectivity index (χ3v) is 3.83. The molecular weight excluding hydrogens is 316 g/mol. The summed E-state index contributed by atoms with van der Waals surface area (Å²) < 4.78 is 10.1. The summed E-state index contributed by atoms with van der Waals surface area (Å²) in [7, 11) is 2.04. The summed E-state index contributed by atoms with van der Waals surface area (Å²) in [6.07, 6.45) is 5.70. The molecule has 0 aliphatic heterocycles. The van der Waals surface area contributed by atoms with Gasteiger partial charge in [-0.15, -0.1) is 5.10 Å². The van der Waals surface area contributed by atoms with E-state index in [0.29, 0.717) is 6.61 Å². The Hall–Kier alpha value is -3.35. The number of fused-ring (bicyclic) bond motifs is 1. The summed E-state index contributed by atoms with van der Waals surface area (Å²) in [5.74, 6) is 0.713. The first-order chi connectivity index (χ1) is 12.0. The Morgan fingerprint density at radius 2 is 2.00 bits per heavy atom. The molecule has 25 heavy (non-hydrogen) atoms. The second-order valence-corrected chi connectivity index (χ2v) is 5.78. The molecule has 3 rings (SSSR count). The van der Waals surface area contributed by atoms with Crippen molar-refractivity contribution in [2.75, 3.05) is 0 Å². The van der Waals surface area contributed by atoms with Crippen molar-refractivity contribution in [3.05, 3.63) is 65.6 Å². The van der Waals surface area contributed by atoms with Gasteiger partial charge in [-0.05, 0) is 48.4 Å². The molecule has 0 fully saturated rings. The highest BCUT2D eigenvalue weighted by molar-refractivity contribution is 5.81. The highest BCUT2D eigenvalue weighted by atomic mass is 16.5. The van der Waals surface area contributed by atoms with Gasteiger partial charge in [0.15, 0.2) is 12.3 Å². The van der Waals surface area contributed by atoms with Crippen molar-refractivity contribution in [2.24, 2.45) is 28.7 Å². The van der Waals surface area contributed by atoms with Crippen molar-refractivity contribution in [1.29, 1.82) is 0 Å². The molecule has 0 unspecified atom stereocenters. The van der Waals surface area contributed by atoms with Gasteiger partial charge >= 0.3 is 0 Å². The lowest BCUT2D eigenvalue weighted by Crippen LogP contribution is -2.21. The average Bonchev–Trinajstić information content (AvgIpc) is 2.90. The standard InChI is InChI=1S/C18H21N6O/c1-13-7-8-24-11-15(23(2)17(24)9-13)12-25-16-5-3-14(4-6-16)10-21-22-18(19)20/h3-11H,12H2,1-2H3,(H4,19,20,22)/q+1/b21-10+. The molecule has 0 spiro atoms. The van der Waals surface area contributed by atoms with Gasteiger partial charge in [-0.3, -0.25) is 0 Å². The number of benzene rings is 1. The quantitative estimate of drug-likeness (QED) is 0.317. The lowest BCUT2D eigenvalue weighted by atomic mass is 10.2. The Bertz CT molecular complexity index is 936. The van der Waals surface area contributed by atoms with Crippen molar-refractivity contribution in [3.8, 4) is 5.75 Å². The van der Waals surface area contributed by atoms with Crippen molar-refractivity contribution in [2.45, 2.75) is 13.5 Å². The van der Waals surface area contributed by atoms with Crippen LogP contribution in [0.5, 0.6) is 5.75 Å². The van der Waals surface area contributed by atoms with E-state index in [1.54, 1.807) is 6.21 Å². The number of imidazole rings is 1. The smallest absolute Gasteiger partial charge is 0.286 e. The van der Waals surface area contributed by atoms with Crippen LogP contribution in [0, 0.1) is 6.92 Å². The van der Waals surface area contributed by atoms with E-state index in [-0.39, 0.29) is 5.96 Å². The van der Waals surface area contributed by atoms with Crippen molar-refractivity contribution in [3.63, 3.8) is 0 Å². The molecule has 0 atom stereocenters. The largest absolute Gasteiger partial charge is 0.485 e. The summed E-state index contributed by atoms with van der Waals surface area (Å²) >= 11 is 0. The number of hydrogen-bond acceptors (Lipinski definition) is 3. The second kappa shape index (κ2) is 7.04. The lowest BCUT2D eigenvalue weighted by molar-refractivity contribution is -0.511. The van der Waals surface area contributed by atoms with Crippen LogP contribution in [0.3, 0.4) is 0 Å². The van der Waals surface area contributed by atoms with Gasteiger partial charge in [-0.25, -0.2) is 8.97 Å². The zero-order chi connectivity index (χ0) is 17.8. The minimum absolute atomic E-state index is 0.0702. The normalized spacial score (nSPS) is 11.1. The molecule has 0 saturated carbocycles. The number of guanidine groups is 1. The van der Waals surface area contributed by atoms with E-state index >= 15 is 0 Å². The van der Waals surface area contributed by atoms with E-state index in [9.17, 15) is 0 Å². The van der Waals surface area contributed by atoms with Gasteiger partial charge in [0.1, 0.15) is 11.9 Å². The molecule has 1 aromatic carbocycles. The highest BCUT2D eigenvalue weighted by Gasteiger charge is 2.14. The summed E-state index contributed by atoms with van der Waals surface area (Å²) in [6, 6.07) is 11.8. The number of ether oxygens (including phenoxy) is 1. The van der Waals surface area contributed by atoms with Gasteiger partial charge in [0, 0.05) is 6.07 Å². The van der Waals surface area contributed by atoms with E-state index in [0.717, 1.165) is 22.7 Å². The van der Waals surface area contributed by atoms with E-state index < -0.39 is 0 Å². The fourth-order valence-electron chi connectivity index (χ4n) is 2.48. The van der Waals surface area contributed by atoms with Gasteiger partial charge in [0.05, 0.1) is 19.5 Å². The molecule has 0 aliphatic carbocycles. The molecule has 0 saturated heterocycles. The van der Waals surface area contributed by atoms with E-state index in [1.165, 1.54) is 5.56 Å². The molecule has 7 nitrogen and oxygen atoms in total. The van der Waals surface area contributed by atoms with Gasteiger partial charge in [0.25, 0.3) is 5.65 Å². The maximum Gasteiger partial charge on any atom is 0.286 e. The molecule has 128 valence electrons. The average molecular weight is 337 g/mol. The summed E-state index contributed by atoms with van der Waals surface area (Å²) in [4.78, 5) is 0. The fraction of sp³-hybridized carbons (Fsp3) is 0.167. The molecule has 4 N–H and O–H groups in total. The van der Waals surface area contributed by atoms with Crippen LogP contribution in [-0.2, 0) is 13.7 Å². The Morgan fingerprint density at radius 1 is 1.24 bits per heavy atom. The number of hydrogen-bond donors (Lipinski definition) is 2. The monoisotopic (exact) mass is 337 g/mol. The van der Waals surface area contributed by atoms with Crippen LogP contribution in [0.4, 0.5) is 0 Å². The number of pyridine rings is 1. The Balaban J connectivity index is 1.68. The van der Waals surface area contributed by atoms with Gasteiger partial charge < -0.3 is 16.2 Å². The van der Waals surface area contributed by atoms with Gasteiger partial charge in [0.2, 0.25) is 5.96 Å². The molecule has 0 radical (unpaired) electrons. The fourth-order valence-corrected chi connectivity index (χ4v) is 2.48. The van der Waals surface area contributed by atoms with Crippen molar-refractivity contribution in [1.82, 2.24) is 4.57 Å². The minimum atomic E-state index is -0.0702. The third kappa shape index (κ3) is 3.95. The summed E-state index contributed by atoms with van der Waals surface area (Å²) in [6.45, 7) is 2.57. The first kappa shape index (κ1) is 16.5. The van der Waals surface area contributed by atoms with Crippen LogP contribution in [-0.4, -0.2) is 16.7 Å². The molecule has 2 heterocycles. The Labute approximate surface area is 145 Å². The van der Waals surface area contributed by atoms with Crippen LogP contribution in [0.15, 0.2) is 59.0 Å². The van der Waals surface area contributed by atoms with E-state index in [1.807, 2.05) is 31.3 Å². The van der Waals surface area contributed by atoms with Crippen molar-refractivity contribution < 1.29 is 9.14 Å². The van der Waals surface area contributed by atoms with Gasteiger partial charge in [-0.1, -0.05) is 0 Å². The zero-order valence-corrected chi connectivity index (χ0v) is 14.3. The molecular formula is C18H21N6O+. The SMILES string of the molecule is Cc1cc[n+]2cc(COc3ccc(/C=N/N=C(N)N)cc3)n(C)c2c1. The molecule has 3 aromatic rings. The van der Waals surface area contributed by atoms with Crippen LogP contribution in [0.25, 0.3) is 5.65 Å². The number of aryl methyl sites for hydroxylation is 2. The minimum Gasteiger partial charge on any atom is -0.485 e. The van der Waals surface area contributed by atoms with E-state index in [2.05, 4.69) is 50.6 Å². The first-order valence-corrected chi connectivity index (χ1v) is 7.84. The molecule has 0 amide bonds. The Morgan fingerprint density at radius 3 is 2.72 bits per heavy atom. The highest BCUT2D eigenvalue weighted by Crippen LogP contribution is 2.14. The second-order valence-electron chi connectivity index (χ2n) is 5.78. The molecule has 2 aromatic heterocycles. The molecule has 7 heteroatoms. The predicted molar refractivity (Wildman–Crippen MR) is 97.5 cm³/mol. The van der Waals surface area contributed by atoms with Crippen LogP contribution in [0.2, 0.25) is 0 Å². The number of nitrogens with zero attached hydrogens (tertiary/aromatic N) is 4. The maximum atomic E-state index is 5.88.